The third kappa shape index (κ3) is 3.16. The normalized spacial score (nSPS) is 29.9. The molecule has 2 rings (SSSR count). The van der Waals surface area contributed by atoms with Crippen molar-refractivity contribution < 1.29 is 27.9 Å². The van der Waals surface area contributed by atoms with Crippen molar-refractivity contribution in [3.8, 4) is 0 Å². The highest BCUT2D eigenvalue weighted by atomic mass is 19.4. The second-order valence-electron chi connectivity index (χ2n) is 5.38. The summed E-state index contributed by atoms with van der Waals surface area (Å²) in [4.78, 5) is 24.2. The average Bonchev–Trinajstić information content (AvgIpc) is 2.74. The van der Waals surface area contributed by atoms with E-state index in [0.29, 0.717) is 12.8 Å². The lowest BCUT2D eigenvalue weighted by molar-refractivity contribution is -0.141. The summed E-state index contributed by atoms with van der Waals surface area (Å²) in [7, 11) is 0. The van der Waals surface area contributed by atoms with Crippen LogP contribution in [0.2, 0.25) is 0 Å². The zero-order valence-electron chi connectivity index (χ0n) is 10.8. The van der Waals surface area contributed by atoms with Crippen LogP contribution in [0.1, 0.15) is 32.1 Å². The molecule has 1 saturated carbocycles. The first-order valence-electron chi connectivity index (χ1n) is 6.65. The third-order valence-electron chi connectivity index (χ3n) is 4.05. The van der Waals surface area contributed by atoms with Crippen LogP contribution in [0, 0.1) is 5.92 Å². The van der Waals surface area contributed by atoms with Gasteiger partial charge in [-0.1, -0.05) is 12.8 Å². The first-order valence-corrected chi connectivity index (χ1v) is 6.65. The molecule has 5 nitrogen and oxygen atoms in total. The maximum Gasteiger partial charge on any atom is 0.405 e. The summed E-state index contributed by atoms with van der Waals surface area (Å²) >= 11 is 0. The molecule has 0 aromatic carbocycles. The maximum atomic E-state index is 12.1. The van der Waals surface area contributed by atoms with Gasteiger partial charge in [-0.05, 0) is 25.2 Å². The molecule has 2 aliphatic rings. The standard InChI is InChI=1S/C12H17F3N2O3/c13-12(14,15)6-16-11(20)17-8-4-2-1-3-7(8)5-9(17)10(18)19/h7-9H,1-6H2,(H,16,20)(H,18,19). The van der Waals surface area contributed by atoms with Crippen molar-refractivity contribution in [3.05, 3.63) is 0 Å². The van der Waals surface area contributed by atoms with E-state index >= 15 is 0 Å². The second-order valence-corrected chi connectivity index (χ2v) is 5.38. The molecule has 1 saturated heterocycles. The topological polar surface area (TPSA) is 69.6 Å². The van der Waals surface area contributed by atoms with E-state index in [2.05, 4.69) is 0 Å². The molecule has 2 fully saturated rings. The van der Waals surface area contributed by atoms with Crippen LogP contribution in [0.15, 0.2) is 0 Å². The monoisotopic (exact) mass is 294 g/mol. The van der Waals surface area contributed by atoms with E-state index in [9.17, 15) is 22.8 Å². The number of hydrogen-bond donors (Lipinski definition) is 2. The molecule has 2 amide bonds. The Balaban J connectivity index is 2.08. The Bertz CT molecular complexity index is 400. The maximum absolute atomic E-state index is 12.1. The van der Waals surface area contributed by atoms with Gasteiger partial charge >= 0.3 is 18.2 Å². The molecule has 0 aromatic rings. The molecule has 1 heterocycles. The Morgan fingerprint density at radius 3 is 2.50 bits per heavy atom. The number of carboxylic acid groups (broad SMARTS) is 1. The van der Waals surface area contributed by atoms with E-state index < -0.39 is 30.8 Å². The summed E-state index contributed by atoms with van der Waals surface area (Å²) in [5.41, 5.74) is 0. The molecule has 8 heteroatoms. The average molecular weight is 294 g/mol. The van der Waals surface area contributed by atoms with E-state index in [1.165, 1.54) is 0 Å². The number of carboxylic acids is 1. The molecule has 3 atom stereocenters. The van der Waals surface area contributed by atoms with Crippen molar-refractivity contribution in [2.24, 2.45) is 5.92 Å². The van der Waals surface area contributed by atoms with Gasteiger partial charge in [0.15, 0.2) is 0 Å². The van der Waals surface area contributed by atoms with Crippen LogP contribution < -0.4 is 5.32 Å². The van der Waals surface area contributed by atoms with Gasteiger partial charge in [0.2, 0.25) is 0 Å². The number of carbonyl (C=O) groups is 2. The highest BCUT2D eigenvalue weighted by Gasteiger charge is 2.48. The van der Waals surface area contributed by atoms with Crippen molar-refractivity contribution in [2.75, 3.05) is 6.54 Å². The van der Waals surface area contributed by atoms with E-state index in [1.54, 1.807) is 5.32 Å². The van der Waals surface area contributed by atoms with E-state index in [-0.39, 0.29) is 12.0 Å². The van der Waals surface area contributed by atoms with Gasteiger partial charge in [-0.25, -0.2) is 9.59 Å². The quantitative estimate of drug-likeness (QED) is 0.818. The highest BCUT2D eigenvalue weighted by Crippen LogP contribution is 2.39. The number of carbonyl (C=O) groups excluding carboxylic acids is 1. The predicted octanol–water partition coefficient (Wildman–Crippen LogP) is 1.98. The Kier molecular flexibility index (Phi) is 4.10. The minimum atomic E-state index is -4.50. The van der Waals surface area contributed by atoms with Crippen LogP contribution in [0.3, 0.4) is 0 Å². The number of halogens is 3. The third-order valence-corrected chi connectivity index (χ3v) is 4.05. The summed E-state index contributed by atoms with van der Waals surface area (Å²) in [5, 5.41) is 10.9. The fourth-order valence-corrected chi connectivity index (χ4v) is 3.24. The number of rotatable bonds is 2. The molecule has 1 aliphatic heterocycles. The van der Waals surface area contributed by atoms with Crippen molar-refractivity contribution in [1.82, 2.24) is 10.2 Å². The minimum Gasteiger partial charge on any atom is -0.480 e. The fourth-order valence-electron chi connectivity index (χ4n) is 3.24. The number of aliphatic carboxylic acids is 1. The number of nitrogens with one attached hydrogen (secondary N) is 1. The van der Waals surface area contributed by atoms with Gasteiger partial charge < -0.3 is 15.3 Å². The summed E-state index contributed by atoms with van der Waals surface area (Å²) in [6.07, 6.45) is -0.826. The van der Waals surface area contributed by atoms with Crippen molar-refractivity contribution in [3.63, 3.8) is 0 Å². The summed E-state index contributed by atoms with van der Waals surface area (Å²) in [6.45, 7) is -1.44. The van der Waals surface area contributed by atoms with Crippen LogP contribution in [-0.4, -0.2) is 46.8 Å². The summed E-state index contributed by atoms with van der Waals surface area (Å²) in [5.74, 6) is -1.07. The number of nitrogens with zero attached hydrogens (tertiary/aromatic N) is 1. The zero-order chi connectivity index (χ0) is 14.9. The Morgan fingerprint density at radius 2 is 1.90 bits per heavy atom. The molecule has 0 aromatic heterocycles. The number of likely N-dealkylation sites (tertiary alicyclic amines) is 1. The lowest BCUT2D eigenvalue weighted by atomic mass is 9.85. The minimum absolute atomic E-state index is 0.0847. The van der Waals surface area contributed by atoms with E-state index in [4.69, 9.17) is 5.11 Å². The van der Waals surface area contributed by atoms with Gasteiger partial charge in [0.05, 0.1) is 0 Å². The molecule has 0 bridgehead atoms. The van der Waals surface area contributed by atoms with Crippen LogP contribution >= 0.6 is 0 Å². The van der Waals surface area contributed by atoms with Crippen LogP contribution in [0.5, 0.6) is 0 Å². The first kappa shape index (κ1) is 14.9. The Labute approximate surface area is 114 Å². The summed E-state index contributed by atoms with van der Waals surface area (Å²) < 4.78 is 36.4. The Morgan fingerprint density at radius 1 is 1.25 bits per heavy atom. The molecule has 0 radical (unpaired) electrons. The van der Waals surface area contributed by atoms with Gasteiger partial charge in [0.25, 0.3) is 0 Å². The smallest absolute Gasteiger partial charge is 0.405 e. The highest BCUT2D eigenvalue weighted by molar-refractivity contribution is 5.83. The van der Waals surface area contributed by atoms with Crippen molar-refractivity contribution in [2.45, 2.75) is 50.4 Å². The number of urea groups is 1. The van der Waals surface area contributed by atoms with Crippen LogP contribution in [0.4, 0.5) is 18.0 Å². The van der Waals surface area contributed by atoms with Crippen LogP contribution in [0.25, 0.3) is 0 Å². The summed E-state index contributed by atoms with van der Waals surface area (Å²) in [6, 6.07) is -2.20. The fraction of sp³-hybridized carbons (Fsp3) is 0.833. The number of alkyl halides is 3. The number of fused-ring (bicyclic) bond motifs is 1. The molecule has 114 valence electrons. The molecule has 3 unspecified atom stereocenters. The largest absolute Gasteiger partial charge is 0.480 e. The Hall–Kier alpha value is -1.47. The molecule has 0 spiro atoms. The first-order chi connectivity index (χ1) is 9.29. The van der Waals surface area contributed by atoms with Gasteiger partial charge in [-0.15, -0.1) is 0 Å². The predicted molar refractivity (Wildman–Crippen MR) is 63.1 cm³/mol. The lowest BCUT2D eigenvalue weighted by Gasteiger charge is -2.33. The second kappa shape index (κ2) is 5.49. The van der Waals surface area contributed by atoms with E-state index in [0.717, 1.165) is 24.2 Å². The van der Waals surface area contributed by atoms with Gasteiger partial charge in [0, 0.05) is 6.04 Å². The van der Waals surface area contributed by atoms with Crippen molar-refractivity contribution >= 4 is 12.0 Å². The van der Waals surface area contributed by atoms with Crippen LogP contribution in [-0.2, 0) is 4.79 Å². The molecular weight excluding hydrogens is 277 g/mol. The number of amides is 2. The van der Waals surface area contributed by atoms with E-state index in [1.807, 2.05) is 0 Å². The SMILES string of the molecule is O=C(O)C1CC2CCCCC2N1C(=O)NCC(F)(F)F. The lowest BCUT2D eigenvalue weighted by Crippen LogP contribution is -2.52. The molecule has 2 N–H and O–H groups in total. The molecule has 1 aliphatic carbocycles. The van der Waals surface area contributed by atoms with Crippen molar-refractivity contribution in [1.29, 1.82) is 0 Å². The van der Waals surface area contributed by atoms with Gasteiger partial charge in [-0.2, -0.15) is 13.2 Å². The molecule has 20 heavy (non-hydrogen) atoms. The molecular formula is C12H17F3N2O3. The number of hydrogen-bond acceptors (Lipinski definition) is 2. The zero-order valence-corrected chi connectivity index (χ0v) is 10.8. The van der Waals surface area contributed by atoms with Gasteiger partial charge in [0.1, 0.15) is 12.6 Å². The van der Waals surface area contributed by atoms with Gasteiger partial charge in [-0.3, -0.25) is 0 Å².